The van der Waals surface area contributed by atoms with Gasteiger partial charge in [-0.15, -0.1) is 11.3 Å². The molecule has 0 aliphatic rings. The number of ketones is 1. The molecule has 5 aromatic rings. The third kappa shape index (κ3) is 5.20. The van der Waals surface area contributed by atoms with Crippen molar-refractivity contribution >= 4 is 49.3 Å². The van der Waals surface area contributed by atoms with Crippen LogP contribution in [0.15, 0.2) is 94.1 Å². The van der Waals surface area contributed by atoms with Crippen LogP contribution in [0.2, 0.25) is 4.34 Å². The smallest absolute Gasteiger partial charge is 0.263 e. The molecule has 192 valence electrons. The first-order chi connectivity index (χ1) is 18.1. The Bertz CT molecular complexity index is 1860. The predicted octanol–water partition coefficient (Wildman–Crippen LogP) is 6.41. The van der Waals surface area contributed by atoms with Crippen LogP contribution in [0.25, 0.3) is 27.6 Å². The molecule has 0 unspecified atom stereocenters. The molecule has 0 amide bonds. The highest BCUT2D eigenvalue weighted by Gasteiger charge is 2.22. The number of aromatic nitrogens is 1. The van der Waals surface area contributed by atoms with E-state index in [9.17, 15) is 18.0 Å². The molecule has 0 radical (unpaired) electrons. The van der Waals surface area contributed by atoms with Crippen LogP contribution in [-0.4, -0.2) is 24.5 Å². The summed E-state index contributed by atoms with van der Waals surface area (Å²) in [6, 6.07) is 22.0. The maximum Gasteiger partial charge on any atom is 0.263 e. The van der Waals surface area contributed by atoms with Gasteiger partial charge in [-0.25, -0.2) is 12.8 Å². The number of sulfone groups is 1. The lowest BCUT2D eigenvalue weighted by molar-refractivity contribution is -0.116. The largest absolute Gasteiger partial charge is 0.298 e. The second-order valence-corrected chi connectivity index (χ2v) is 12.9. The van der Waals surface area contributed by atoms with E-state index in [1.165, 1.54) is 28.8 Å². The molecule has 0 saturated heterocycles. The van der Waals surface area contributed by atoms with Gasteiger partial charge < -0.3 is 0 Å². The maximum atomic E-state index is 15.4. The molecular formula is C29H21ClFNO4S2. The molecule has 0 spiro atoms. The quantitative estimate of drug-likeness (QED) is 0.229. The Balaban J connectivity index is 1.49. The first kappa shape index (κ1) is 26.0. The normalized spacial score (nSPS) is 11.7. The number of nitrogens with zero attached hydrogens (tertiary/aromatic N) is 1. The van der Waals surface area contributed by atoms with Gasteiger partial charge in [-0.2, -0.15) is 0 Å². The zero-order valence-corrected chi connectivity index (χ0v) is 22.5. The van der Waals surface area contributed by atoms with E-state index in [1.54, 1.807) is 12.3 Å². The molecule has 5 rings (SSSR count). The van der Waals surface area contributed by atoms with Crippen LogP contribution in [0.3, 0.4) is 0 Å². The summed E-state index contributed by atoms with van der Waals surface area (Å²) in [5, 5.41) is 1.22. The van der Waals surface area contributed by atoms with E-state index in [2.05, 4.69) is 0 Å². The summed E-state index contributed by atoms with van der Waals surface area (Å²) in [4.78, 5) is 25.9. The summed E-state index contributed by atoms with van der Waals surface area (Å²) in [5.41, 5.74) is 2.63. The van der Waals surface area contributed by atoms with E-state index in [0.717, 1.165) is 39.5 Å². The number of carbonyl (C=O) groups is 1. The van der Waals surface area contributed by atoms with Crippen molar-refractivity contribution in [1.29, 1.82) is 0 Å². The van der Waals surface area contributed by atoms with Crippen molar-refractivity contribution in [3.63, 3.8) is 0 Å². The fourth-order valence-corrected chi connectivity index (χ4v) is 7.18. The minimum absolute atomic E-state index is 0.0115. The van der Waals surface area contributed by atoms with Crippen molar-refractivity contribution < 1.29 is 17.6 Å². The Labute approximate surface area is 227 Å². The number of carbonyl (C=O) groups excluding carboxylic acids is 1. The first-order valence-corrected chi connectivity index (χ1v) is 14.5. The molecular weight excluding hydrogens is 545 g/mol. The van der Waals surface area contributed by atoms with Gasteiger partial charge in [0, 0.05) is 23.6 Å². The third-order valence-corrected chi connectivity index (χ3v) is 9.63. The van der Waals surface area contributed by atoms with Crippen molar-refractivity contribution in [2.75, 3.05) is 5.75 Å². The zero-order valence-electron chi connectivity index (χ0n) is 20.1. The van der Waals surface area contributed by atoms with Crippen molar-refractivity contribution in [2.45, 2.75) is 17.6 Å². The van der Waals surface area contributed by atoms with Gasteiger partial charge in [0.25, 0.3) is 5.56 Å². The SMILES string of the molecule is Cc1ccc2c(=O)n(-c3ccc(CC(=O)CS(=O)(=O)c4ccc(Cl)s4)cc3F)cc(-c3ccccc3)c2c1. The first-order valence-electron chi connectivity index (χ1n) is 11.6. The molecule has 0 fully saturated rings. The average molecular weight is 566 g/mol. The van der Waals surface area contributed by atoms with E-state index in [0.29, 0.717) is 15.3 Å². The van der Waals surface area contributed by atoms with Crippen LogP contribution >= 0.6 is 22.9 Å². The summed E-state index contributed by atoms with van der Waals surface area (Å²) < 4.78 is 41.9. The number of rotatable bonds is 7. The summed E-state index contributed by atoms with van der Waals surface area (Å²) in [6.07, 6.45) is 1.36. The van der Waals surface area contributed by atoms with Gasteiger partial charge in [-0.3, -0.25) is 14.2 Å². The van der Waals surface area contributed by atoms with Crippen LogP contribution in [0.5, 0.6) is 0 Å². The Kier molecular flexibility index (Phi) is 7.05. The van der Waals surface area contributed by atoms with Gasteiger partial charge in [0.1, 0.15) is 15.8 Å². The van der Waals surface area contributed by atoms with Crippen molar-refractivity contribution in [3.05, 3.63) is 117 Å². The minimum Gasteiger partial charge on any atom is -0.298 e. The third-order valence-electron chi connectivity index (χ3n) is 6.14. The summed E-state index contributed by atoms with van der Waals surface area (Å²) in [6.45, 7) is 1.94. The Morgan fingerprint density at radius 3 is 2.42 bits per heavy atom. The van der Waals surface area contributed by atoms with Crippen molar-refractivity contribution in [1.82, 2.24) is 4.57 Å². The Hall–Kier alpha value is -3.59. The summed E-state index contributed by atoms with van der Waals surface area (Å²) in [7, 11) is -3.84. The van der Waals surface area contributed by atoms with E-state index in [1.807, 2.05) is 49.4 Å². The van der Waals surface area contributed by atoms with E-state index in [-0.39, 0.29) is 21.9 Å². The number of thiophene rings is 1. The zero-order chi connectivity index (χ0) is 27.0. The minimum atomic E-state index is -3.84. The molecule has 0 bridgehead atoms. The van der Waals surface area contributed by atoms with E-state index in [4.69, 9.17) is 11.6 Å². The molecule has 0 N–H and O–H groups in total. The van der Waals surface area contributed by atoms with Gasteiger partial charge in [0.15, 0.2) is 15.6 Å². The Morgan fingerprint density at radius 1 is 0.974 bits per heavy atom. The summed E-state index contributed by atoms with van der Waals surface area (Å²) >= 11 is 6.69. The van der Waals surface area contributed by atoms with Crippen LogP contribution in [-0.2, 0) is 21.1 Å². The highest BCUT2D eigenvalue weighted by Crippen LogP contribution is 2.29. The van der Waals surface area contributed by atoms with Gasteiger partial charge >= 0.3 is 0 Å². The standard InChI is InChI=1S/C29H21ClFNO4S2/c1-18-7-9-22-23(13-18)24(20-5-3-2-4-6-20)16-32(29(22)34)26-10-8-19(15-25(26)31)14-21(33)17-38(35,36)28-12-11-27(30)37-28/h2-13,15-16H,14,17H2,1H3. The fourth-order valence-electron chi connectivity index (χ4n) is 4.36. The van der Waals surface area contributed by atoms with Gasteiger partial charge in [0.05, 0.1) is 10.0 Å². The molecule has 9 heteroatoms. The number of hydrogen-bond donors (Lipinski definition) is 0. The lowest BCUT2D eigenvalue weighted by Crippen LogP contribution is -2.20. The average Bonchev–Trinajstić information content (AvgIpc) is 3.32. The monoisotopic (exact) mass is 565 g/mol. The number of fused-ring (bicyclic) bond motifs is 1. The number of halogens is 2. The van der Waals surface area contributed by atoms with Crippen LogP contribution in [0.4, 0.5) is 4.39 Å². The Morgan fingerprint density at radius 2 is 1.74 bits per heavy atom. The molecule has 2 heterocycles. The number of pyridine rings is 1. The lowest BCUT2D eigenvalue weighted by Gasteiger charge is -2.14. The second kappa shape index (κ2) is 10.3. The highest BCUT2D eigenvalue weighted by molar-refractivity contribution is 7.94. The van der Waals surface area contributed by atoms with Crippen LogP contribution in [0, 0.1) is 12.7 Å². The van der Waals surface area contributed by atoms with Gasteiger partial charge in [-0.05, 0) is 53.8 Å². The maximum absolute atomic E-state index is 15.4. The van der Waals surface area contributed by atoms with E-state index >= 15 is 4.39 Å². The highest BCUT2D eigenvalue weighted by atomic mass is 35.5. The van der Waals surface area contributed by atoms with E-state index < -0.39 is 27.2 Å². The number of Topliss-reactive ketones (excluding diaryl/α,β-unsaturated/α-hetero) is 1. The lowest BCUT2D eigenvalue weighted by atomic mass is 9.99. The molecule has 3 aromatic carbocycles. The molecule has 38 heavy (non-hydrogen) atoms. The van der Waals surface area contributed by atoms with Gasteiger partial charge in [0.2, 0.25) is 0 Å². The van der Waals surface area contributed by atoms with Crippen LogP contribution in [0.1, 0.15) is 11.1 Å². The molecule has 0 atom stereocenters. The van der Waals surface area contributed by atoms with Gasteiger partial charge in [-0.1, -0.05) is 65.7 Å². The summed E-state index contributed by atoms with van der Waals surface area (Å²) in [5.74, 6) is -1.99. The number of aryl methyl sites for hydroxylation is 1. The fraction of sp³-hybridized carbons (Fsp3) is 0.103. The predicted molar refractivity (Wildman–Crippen MR) is 150 cm³/mol. The topological polar surface area (TPSA) is 73.2 Å². The van der Waals surface area contributed by atoms with Crippen molar-refractivity contribution in [2.24, 2.45) is 0 Å². The molecule has 5 nitrogen and oxygen atoms in total. The second-order valence-electron chi connectivity index (χ2n) is 8.95. The molecule has 0 aliphatic heterocycles. The number of hydrogen-bond acceptors (Lipinski definition) is 5. The van der Waals surface area contributed by atoms with Crippen LogP contribution < -0.4 is 5.56 Å². The molecule has 0 aliphatic carbocycles. The van der Waals surface area contributed by atoms with Crippen molar-refractivity contribution in [3.8, 4) is 16.8 Å². The molecule has 2 aromatic heterocycles. The molecule has 0 saturated carbocycles. The number of benzene rings is 3.